The molecule has 6 heteroatoms. The Balaban J connectivity index is 2.37. The molecule has 1 aliphatic rings. The van der Waals surface area contributed by atoms with Gasteiger partial charge in [-0.25, -0.2) is 4.79 Å². The molecule has 0 spiro atoms. The van der Waals surface area contributed by atoms with E-state index in [-0.39, 0.29) is 18.5 Å². The number of rotatable bonds is 6. The van der Waals surface area contributed by atoms with Crippen LogP contribution in [0.4, 0.5) is 0 Å². The predicted molar refractivity (Wildman–Crippen MR) is 59.4 cm³/mol. The molecule has 1 unspecified atom stereocenters. The molecule has 0 bridgehead atoms. The van der Waals surface area contributed by atoms with Gasteiger partial charge in [0.1, 0.15) is 12.6 Å². The van der Waals surface area contributed by atoms with Crippen LogP contribution in [0, 0.1) is 0 Å². The van der Waals surface area contributed by atoms with Crippen LogP contribution < -0.4 is 0 Å². The van der Waals surface area contributed by atoms with Crippen LogP contribution in [0.2, 0.25) is 0 Å². The van der Waals surface area contributed by atoms with Crippen molar-refractivity contribution in [2.24, 2.45) is 0 Å². The fraction of sp³-hybridized carbons (Fsp3) is 0.818. The highest BCUT2D eigenvalue weighted by Crippen LogP contribution is 2.18. The van der Waals surface area contributed by atoms with E-state index in [1.807, 2.05) is 0 Å². The van der Waals surface area contributed by atoms with Crippen LogP contribution in [0.5, 0.6) is 0 Å². The quantitative estimate of drug-likeness (QED) is 0.479. The highest BCUT2D eigenvalue weighted by atomic mass is 16.5. The van der Waals surface area contributed by atoms with E-state index < -0.39 is 6.04 Å². The van der Waals surface area contributed by atoms with Crippen molar-refractivity contribution >= 4 is 11.9 Å². The van der Waals surface area contributed by atoms with E-state index in [4.69, 9.17) is 9.47 Å². The fourth-order valence-corrected chi connectivity index (χ4v) is 1.83. The zero-order valence-electron chi connectivity index (χ0n) is 10.3. The fourth-order valence-electron chi connectivity index (χ4n) is 1.83. The van der Waals surface area contributed by atoms with Gasteiger partial charge in [0.25, 0.3) is 0 Å². The van der Waals surface area contributed by atoms with Crippen LogP contribution in [-0.4, -0.2) is 63.4 Å². The molecule has 0 aromatic carbocycles. The second kappa shape index (κ2) is 7.24. The molecule has 17 heavy (non-hydrogen) atoms. The van der Waals surface area contributed by atoms with Gasteiger partial charge in [0.05, 0.1) is 20.3 Å². The van der Waals surface area contributed by atoms with Crippen LogP contribution in [0.25, 0.3) is 0 Å². The Labute approximate surface area is 101 Å². The van der Waals surface area contributed by atoms with Crippen molar-refractivity contribution in [3.05, 3.63) is 0 Å². The second-order valence-electron chi connectivity index (χ2n) is 3.81. The summed E-state index contributed by atoms with van der Waals surface area (Å²) in [5.41, 5.74) is 0. The molecule has 0 radical (unpaired) electrons. The lowest BCUT2D eigenvalue weighted by molar-refractivity contribution is -0.152. The number of amides is 1. The third kappa shape index (κ3) is 3.98. The van der Waals surface area contributed by atoms with Gasteiger partial charge in [-0.3, -0.25) is 4.79 Å². The summed E-state index contributed by atoms with van der Waals surface area (Å²) in [6.45, 7) is 1.40. The molecular formula is C11H19NO5. The molecule has 1 amide bonds. The first-order valence-electron chi connectivity index (χ1n) is 5.64. The minimum Gasteiger partial charge on any atom is -0.467 e. The number of methoxy groups -OCH3 is 2. The van der Waals surface area contributed by atoms with Gasteiger partial charge in [-0.15, -0.1) is 0 Å². The summed E-state index contributed by atoms with van der Waals surface area (Å²) in [5.74, 6) is -0.526. The Kier molecular flexibility index (Phi) is 5.93. The van der Waals surface area contributed by atoms with Gasteiger partial charge in [-0.1, -0.05) is 0 Å². The standard InChI is InChI=1S/C11H19NO5/c1-15-6-7-17-8-10(13)12-5-3-4-9(12)11(14)16-2/h9H,3-8H2,1-2H3. The molecule has 0 N–H and O–H groups in total. The lowest BCUT2D eigenvalue weighted by Gasteiger charge is -2.22. The average molecular weight is 245 g/mol. The van der Waals surface area contributed by atoms with E-state index in [2.05, 4.69) is 4.74 Å². The highest BCUT2D eigenvalue weighted by Gasteiger charge is 2.34. The van der Waals surface area contributed by atoms with Crippen molar-refractivity contribution < 1.29 is 23.8 Å². The smallest absolute Gasteiger partial charge is 0.328 e. The lowest BCUT2D eigenvalue weighted by atomic mass is 10.2. The van der Waals surface area contributed by atoms with E-state index in [0.717, 1.165) is 6.42 Å². The van der Waals surface area contributed by atoms with E-state index in [1.165, 1.54) is 12.0 Å². The normalized spacial score (nSPS) is 19.4. The summed E-state index contributed by atoms with van der Waals surface area (Å²) in [4.78, 5) is 24.7. The van der Waals surface area contributed by atoms with Gasteiger partial charge >= 0.3 is 5.97 Å². The topological polar surface area (TPSA) is 65.1 Å². The van der Waals surface area contributed by atoms with Crippen LogP contribution >= 0.6 is 0 Å². The second-order valence-corrected chi connectivity index (χ2v) is 3.81. The van der Waals surface area contributed by atoms with Crippen LogP contribution in [0.1, 0.15) is 12.8 Å². The number of likely N-dealkylation sites (tertiary alicyclic amines) is 1. The summed E-state index contributed by atoms with van der Waals surface area (Å²) in [6.07, 6.45) is 1.49. The Morgan fingerprint density at radius 2 is 2.06 bits per heavy atom. The van der Waals surface area contributed by atoms with Gasteiger partial charge in [-0.05, 0) is 12.8 Å². The minimum atomic E-state index is -0.446. The molecule has 0 saturated carbocycles. The lowest BCUT2D eigenvalue weighted by Crippen LogP contribution is -2.42. The average Bonchev–Trinajstić information content (AvgIpc) is 2.82. The molecule has 1 fully saturated rings. The molecule has 1 atom stereocenters. The number of carbonyl (C=O) groups excluding carboxylic acids is 2. The first-order valence-corrected chi connectivity index (χ1v) is 5.64. The van der Waals surface area contributed by atoms with Crippen molar-refractivity contribution in [1.29, 1.82) is 0 Å². The summed E-state index contributed by atoms with van der Waals surface area (Å²) in [7, 11) is 2.90. The predicted octanol–water partition coefficient (Wildman–Crippen LogP) is -0.187. The first-order chi connectivity index (χ1) is 8.20. The molecule has 0 aromatic heterocycles. The minimum absolute atomic E-state index is 0.0170. The monoisotopic (exact) mass is 245 g/mol. The summed E-state index contributed by atoms with van der Waals surface area (Å²) in [6, 6.07) is -0.446. The van der Waals surface area contributed by atoms with E-state index in [0.29, 0.717) is 26.2 Å². The maximum absolute atomic E-state index is 11.8. The van der Waals surface area contributed by atoms with Crippen molar-refractivity contribution in [3.8, 4) is 0 Å². The zero-order chi connectivity index (χ0) is 12.7. The van der Waals surface area contributed by atoms with Crippen molar-refractivity contribution in [2.45, 2.75) is 18.9 Å². The summed E-state index contributed by atoms with van der Waals surface area (Å²) >= 11 is 0. The summed E-state index contributed by atoms with van der Waals surface area (Å²) in [5, 5.41) is 0. The van der Waals surface area contributed by atoms with Crippen molar-refractivity contribution in [2.75, 3.05) is 40.6 Å². The van der Waals surface area contributed by atoms with Crippen molar-refractivity contribution in [1.82, 2.24) is 4.90 Å². The SMILES string of the molecule is COCCOCC(=O)N1CCCC1C(=O)OC. The van der Waals surface area contributed by atoms with E-state index in [1.54, 1.807) is 7.11 Å². The van der Waals surface area contributed by atoms with Crippen molar-refractivity contribution in [3.63, 3.8) is 0 Å². The Morgan fingerprint density at radius 1 is 1.29 bits per heavy atom. The molecule has 1 saturated heterocycles. The first kappa shape index (κ1) is 13.9. The number of nitrogens with zero attached hydrogens (tertiary/aromatic N) is 1. The zero-order valence-corrected chi connectivity index (χ0v) is 10.3. The number of hydrogen-bond acceptors (Lipinski definition) is 5. The van der Waals surface area contributed by atoms with Gasteiger partial charge in [-0.2, -0.15) is 0 Å². The molecule has 98 valence electrons. The molecular weight excluding hydrogens is 226 g/mol. The molecule has 1 rings (SSSR count). The van der Waals surface area contributed by atoms with E-state index >= 15 is 0 Å². The molecule has 6 nitrogen and oxygen atoms in total. The Morgan fingerprint density at radius 3 is 2.71 bits per heavy atom. The third-order valence-corrected chi connectivity index (χ3v) is 2.70. The van der Waals surface area contributed by atoms with Crippen LogP contribution in [0.3, 0.4) is 0 Å². The third-order valence-electron chi connectivity index (χ3n) is 2.70. The number of carbonyl (C=O) groups is 2. The molecule has 1 aliphatic heterocycles. The van der Waals surface area contributed by atoms with E-state index in [9.17, 15) is 9.59 Å². The molecule has 0 aromatic rings. The number of ether oxygens (including phenoxy) is 3. The van der Waals surface area contributed by atoms with Gasteiger partial charge in [0.2, 0.25) is 5.91 Å². The number of hydrogen-bond donors (Lipinski definition) is 0. The van der Waals surface area contributed by atoms with Gasteiger partial charge in [0.15, 0.2) is 0 Å². The Hall–Kier alpha value is -1.14. The highest BCUT2D eigenvalue weighted by molar-refractivity contribution is 5.85. The summed E-state index contributed by atoms with van der Waals surface area (Å²) < 4.78 is 14.6. The number of esters is 1. The van der Waals surface area contributed by atoms with Gasteiger partial charge < -0.3 is 19.1 Å². The molecule has 1 heterocycles. The maximum atomic E-state index is 11.8. The van der Waals surface area contributed by atoms with Crippen LogP contribution in [-0.2, 0) is 23.8 Å². The Bertz CT molecular complexity index is 269. The van der Waals surface area contributed by atoms with Crippen LogP contribution in [0.15, 0.2) is 0 Å². The van der Waals surface area contributed by atoms with Gasteiger partial charge in [0, 0.05) is 13.7 Å². The largest absolute Gasteiger partial charge is 0.467 e. The molecule has 0 aliphatic carbocycles. The maximum Gasteiger partial charge on any atom is 0.328 e.